The molecular formula is C22H34N4O2S. The molecule has 2 heterocycles. The van der Waals surface area contributed by atoms with Crippen LogP contribution in [0.4, 0.5) is 0 Å². The summed E-state index contributed by atoms with van der Waals surface area (Å²) in [5.41, 5.74) is 2.53. The van der Waals surface area contributed by atoms with Crippen molar-refractivity contribution in [3.63, 3.8) is 0 Å². The summed E-state index contributed by atoms with van der Waals surface area (Å²) in [4.78, 5) is 2.78. The van der Waals surface area contributed by atoms with Gasteiger partial charge in [0.15, 0.2) is 0 Å². The molecule has 1 saturated heterocycles. The topological polar surface area (TPSA) is 67.2 Å². The number of nitrogens with zero attached hydrogens (tertiary/aromatic N) is 3. The summed E-state index contributed by atoms with van der Waals surface area (Å²) in [6.45, 7) is 9.92. The SMILES string of the molecule is CCn1cc(S(=O)(=O)NCCc2ccc(CC3CCN(C(C)C)CC3)cc2)cn1. The van der Waals surface area contributed by atoms with Crippen LogP contribution in [0.5, 0.6) is 0 Å². The molecule has 0 atom stereocenters. The standard InChI is InChI=1S/C22H34N4O2S/c1-4-26-17-22(16-23-26)29(27,28)24-12-9-19-5-7-20(8-6-19)15-21-10-13-25(14-11-21)18(2)3/h5-8,16-18,21,24H,4,9-15H2,1-3H3. The van der Waals surface area contributed by atoms with Crippen molar-refractivity contribution in [1.29, 1.82) is 0 Å². The van der Waals surface area contributed by atoms with Gasteiger partial charge >= 0.3 is 0 Å². The quantitative estimate of drug-likeness (QED) is 0.680. The van der Waals surface area contributed by atoms with E-state index in [9.17, 15) is 8.42 Å². The fourth-order valence-electron chi connectivity index (χ4n) is 3.92. The predicted molar refractivity (Wildman–Crippen MR) is 116 cm³/mol. The Morgan fingerprint density at radius 1 is 1.14 bits per heavy atom. The molecule has 1 aliphatic heterocycles. The number of likely N-dealkylation sites (tertiary alicyclic amines) is 1. The van der Waals surface area contributed by atoms with Gasteiger partial charge < -0.3 is 4.90 Å². The monoisotopic (exact) mass is 418 g/mol. The van der Waals surface area contributed by atoms with Gasteiger partial charge in [-0.05, 0) is 76.6 Å². The van der Waals surface area contributed by atoms with Gasteiger partial charge in [0.2, 0.25) is 10.0 Å². The van der Waals surface area contributed by atoms with E-state index in [0.29, 0.717) is 25.6 Å². The highest BCUT2D eigenvalue weighted by Gasteiger charge is 2.21. The molecule has 1 aliphatic rings. The summed E-state index contributed by atoms with van der Waals surface area (Å²) >= 11 is 0. The molecule has 29 heavy (non-hydrogen) atoms. The van der Waals surface area contributed by atoms with Crippen LogP contribution in [0.15, 0.2) is 41.6 Å². The second-order valence-corrected chi connectivity index (χ2v) is 10.0. The van der Waals surface area contributed by atoms with Crippen LogP contribution in [0, 0.1) is 5.92 Å². The first-order valence-electron chi connectivity index (χ1n) is 10.7. The van der Waals surface area contributed by atoms with Crippen molar-refractivity contribution in [2.75, 3.05) is 19.6 Å². The van der Waals surface area contributed by atoms with E-state index in [1.807, 2.05) is 6.92 Å². The lowest BCUT2D eigenvalue weighted by Gasteiger charge is -2.34. The smallest absolute Gasteiger partial charge is 0.243 e. The van der Waals surface area contributed by atoms with Crippen molar-refractivity contribution in [1.82, 2.24) is 19.4 Å². The van der Waals surface area contributed by atoms with E-state index in [4.69, 9.17) is 0 Å². The van der Waals surface area contributed by atoms with E-state index in [-0.39, 0.29) is 4.90 Å². The minimum atomic E-state index is -3.50. The van der Waals surface area contributed by atoms with E-state index in [1.165, 1.54) is 37.7 Å². The van der Waals surface area contributed by atoms with E-state index in [2.05, 4.69) is 52.8 Å². The predicted octanol–water partition coefficient (Wildman–Crippen LogP) is 3.09. The molecule has 160 valence electrons. The lowest BCUT2D eigenvalue weighted by Crippen LogP contribution is -2.38. The first kappa shape index (κ1) is 22.0. The number of hydrogen-bond donors (Lipinski definition) is 1. The molecule has 2 aromatic rings. The van der Waals surface area contributed by atoms with Crippen molar-refractivity contribution < 1.29 is 8.42 Å². The average Bonchev–Trinajstić information content (AvgIpc) is 3.20. The van der Waals surface area contributed by atoms with Gasteiger partial charge in [0.25, 0.3) is 0 Å². The molecule has 0 bridgehead atoms. The molecule has 1 aromatic heterocycles. The number of aryl methyl sites for hydroxylation is 1. The van der Waals surface area contributed by atoms with Crippen molar-refractivity contribution in [2.45, 2.75) is 63.9 Å². The molecule has 0 unspecified atom stereocenters. The van der Waals surface area contributed by atoms with Crippen molar-refractivity contribution >= 4 is 10.0 Å². The summed E-state index contributed by atoms with van der Waals surface area (Å²) in [5.74, 6) is 0.770. The normalized spacial score (nSPS) is 16.6. The Bertz CT molecular complexity index is 866. The minimum Gasteiger partial charge on any atom is -0.301 e. The second-order valence-electron chi connectivity index (χ2n) is 8.27. The van der Waals surface area contributed by atoms with Crippen LogP contribution < -0.4 is 4.72 Å². The highest BCUT2D eigenvalue weighted by molar-refractivity contribution is 7.89. The third kappa shape index (κ3) is 6.14. The number of benzene rings is 1. The van der Waals surface area contributed by atoms with Gasteiger partial charge in [-0.2, -0.15) is 5.10 Å². The Morgan fingerprint density at radius 2 is 1.79 bits per heavy atom. The van der Waals surface area contributed by atoms with Crippen molar-refractivity contribution in [2.24, 2.45) is 5.92 Å². The third-order valence-corrected chi connectivity index (χ3v) is 7.29. The minimum absolute atomic E-state index is 0.221. The fraction of sp³-hybridized carbons (Fsp3) is 0.591. The Labute approximate surface area is 175 Å². The van der Waals surface area contributed by atoms with Crippen LogP contribution in [0.1, 0.15) is 44.7 Å². The molecular weight excluding hydrogens is 384 g/mol. The van der Waals surface area contributed by atoms with Crippen LogP contribution in [0.2, 0.25) is 0 Å². The molecule has 7 heteroatoms. The first-order valence-corrected chi connectivity index (χ1v) is 12.2. The van der Waals surface area contributed by atoms with Crippen molar-refractivity contribution in [3.05, 3.63) is 47.8 Å². The maximum atomic E-state index is 12.3. The zero-order chi connectivity index (χ0) is 20.9. The van der Waals surface area contributed by atoms with Gasteiger partial charge in [0, 0.05) is 25.3 Å². The molecule has 0 radical (unpaired) electrons. The molecule has 1 fully saturated rings. The Hall–Kier alpha value is -1.70. The molecule has 3 rings (SSSR count). The van der Waals surface area contributed by atoms with Gasteiger partial charge in [-0.1, -0.05) is 24.3 Å². The molecule has 0 saturated carbocycles. The van der Waals surface area contributed by atoms with Gasteiger partial charge in [-0.3, -0.25) is 4.68 Å². The molecule has 0 aliphatic carbocycles. The maximum Gasteiger partial charge on any atom is 0.243 e. The summed E-state index contributed by atoms with van der Waals surface area (Å²) in [5, 5.41) is 4.03. The van der Waals surface area contributed by atoms with Crippen LogP contribution in [-0.2, 0) is 29.4 Å². The molecule has 6 nitrogen and oxygen atoms in total. The Kier molecular flexibility index (Phi) is 7.49. The zero-order valence-electron chi connectivity index (χ0n) is 17.8. The van der Waals surface area contributed by atoms with Crippen molar-refractivity contribution in [3.8, 4) is 0 Å². The van der Waals surface area contributed by atoms with E-state index in [0.717, 1.165) is 17.9 Å². The summed E-state index contributed by atoms with van der Waals surface area (Å²) in [7, 11) is -3.50. The van der Waals surface area contributed by atoms with Crippen LogP contribution >= 0.6 is 0 Å². The van der Waals surface area contributed by atoms with Crippen LogP contribution in [0.3, 0.4) is 0 Å². The molecule has 1 aromatic carbocycles. The zero-order valence-corrected chi connectivity index (χ0v) is 18.7. The number of hydrogen-bond acceptors (Lipinski definition) is 4. The summed E-state index contributed by atoms with van der Waals surface area (Å²) < 4.78 is 28.9. The van der Waals surface area contributed by atoms with Crippen LogP contribution in [-0.4, -0.2) is 48.8 Å². The lowest BCUT2D eigenvalue weighted by molar-refractivity contribution is 0.149. The summed E-state index contributed by atoms with van der Waals surface area (Å²) in [6, 6.07) is 9.30. The summed E-state index contributed by atoms with van der Waals surface area (Å²) in [6.07, 6.45) is 7.32. The molecule has 0 spiro atoms. The lowest BCUT2D eigenvalue weighted by atomic mass is 9.89. The number of rotatable bonds is 9. The van der Waals surface area contributed by atoms with Gasteiger partial charge in [-0.15, -0.1) is 0 Å². The highest BCUT2D eigenvalue weighted by atomic mass is 32.2. The van der Waals surface area contributed by atoms with Gasteiger partial charge in [0.1, 0.15) is 4.90 Å². The number of nitrogens with one attached hydrogen (secondary N) is 1. The second kappa shape index (κ2) is 9.87. The number of aromatic nitrogens is 2. The van der Waals surface area contributed by atoms with E-state index < -0.39 is 10.0 Å². The Balaban J connectivity index is 1.45. The first-order chi connectivity index (χ1) is 13.9. The largest absolute Gasteiger partial charge is 0.301 e. The Morgan fingerprint density at radius 3 is 2.38 bits per heavy atom. The average molecular weight is 419 g/mol. The molecule has 1 N–H and O–H groups in total. The number of sulfonamides is 1. The van der Waals surface area contributed by atoms with Gasteiger partial charge in [0.05, 0.1) is 6.20 Å². The molecule has 0 amide bonds. The highest BCUT2D eigenvalue weighted by Crippen LogP contribution is 2.23. The third-order valence-electron chi connectivity index (χ3n) is 5.88. The van der Waals surface area contributed by atoms with Gasteiger partial charge in [-0.25, -0.2) is 13.1 Å². The number of piperidine rings is 1. The van der Waals surface area contributed by atoms with E-state index >= 15 is 0 Å². The van der Waals surface area contributed by atoms with Crippen LogP contribution in [0.25, 0.3) is 0 Å². The maximum absolute atomic E-state index is 12.3. The fourth-order valence-corrected chi connectivity index (χ4v) is 4.90. The van der Waals surface area contributed by atoms with E-state index in [1.54, 1.807) is 10.9 Å².